The van der Waals surface area contributed by atoms with E-state index < -0.39 is 0 Å². The van der Waals surface area contributed by atoms with Crippen LogP contribution in [0.3, 0.4) is 0 Å². The number of carbonyl (C=O) groups excluding carboxylic acids is 1. The zero-order chi connectivity index (χ0) is 9.68. The third-order valence-corrected chi connectivity index (χ3v) is 1.76. The van der Waals surface area contributed by atoms with E-state index in [-0.39, 0.29) is 12.1 Å². The maximum Gasteiger partial charge on any atom is 0.315 e. The van der Waals surface area contributed by atoms with Crippen molar-refractivity contribution in [2.45, 2.75) is 13.0 Å². The van der Waals surface area contributed by atoms with Gasteiger partial charge in [-0.2, -0.15) is 0 Å². The molecule has 0 spiro atoms. The minimum atomic E-state index is -0.184. The van der Waals surface area contributed by atoms with E-state index in [0.29, 0.717) is 0 Å². The molecule has 2 N–H and O–H groups in total. The molecule has 0 fully saturated rings. The van der Waals surface area contributed by atoms with Crippen LogP contribution < -0.4 is 10.6 Å². The molecule has 1 rings (SSSR count). The van der Waals surface area contributed by atoms with Gasteiger partial charge in [0.05, 0.1) is 6.04 Å². The van der Waals surface area contributed by atoms with Crippen molar-refractivity contribution in [3.05, 3.63) is 30.1 Å². The number of pyridine rings is 1. The molecule has 1 unspecified atom stereocenters. The number of hydrogen-bond acceptors (Lipinski definition) is 2. The fraction of sp³-hybridized carbons (Fsp3) is 0.333. The summed E-state index contributed by atoms with van der Waals surface area (Å²) in [5, 5.41) is 5.25. The molecule has 0 aromatic carbocycles. The first kappa shape index (κ1) is 9.51. The molecule has 1 aromatic rings. The van der Waals surface area contributed by atoms with Gasteiger partial charge in [-0.3, -0.25) is 4.98 Å². The molecule has 1 aromatic heterocycles. The highest BCUT2D eigenvalue weighted by atomic mass is 16.2. The van der Waals surface area contributed by atoms with Crippen LogP contribution in [0, 0.1) is 0 Å². The quantitative estimate of drug-likeness (QED) is 0.713. The van der Waals surface area contributed by atoms with Crippen LogP contribution in [0.4, 0.5) is 4.79 Å². The van der Waals surface area contributed by atoms with Gasteiger partial charge >= 0.3 is 6.03 Å². The third-order valence-electron chi connectivity index (χ3n) is 1.76. The molecule has 4 nitrogen and oxygen atoms in total. The Kier molecular flexibility index (Phi) is 3.25. The predicted octanol–water partition coefficient (Wildman–Crippen LogP) is 1.07. The summed E-state index contributed by atoms with van der Waals surface area (Å²) in [5.41, 5.74) is 0.992. The maximum absolute atomic E-state index is 11.0. The van der Waals surface area contributed by atoms with Crippen molar-refractivity contribution < 1.29 is 4.79 Å². The Balaban J connectivity index is 2.59. The van der Waals surface area contributed by atoms with Gasteiger partial charge in [0, 0.05) is 19.4 Å². The fourth-order valence-electron chi connectivity index (χ4n) is 0.984. The average molecular weight is 179 g/mol. The standard InChI is InChI=1S/C9H13N3O/c1-7(12-9(13)10-2)8-4-3-5-11-6-8/h3-7H,1-2H3,(H2,10,12,13). The highest BCUT2D eigenvalue weighted by Gasteiger charge is 2.06. The van der Waals surface area contributed by atoms with Crippen molar-refractivity contribution in [2.75, 3.05) is 7.05 Å². The first-order chi connectivity index (χ1) is 6.24. The Morgan fingerprint density at radius 1 is 1.62 bits per heavy atom. The van der Waals surface area contributed by atoms with Crippen LogP contribution in [0.1, 0.15) is 18.5 Å². The molecule has 2 amide bonds. The first-order valence-electron chi connectivity index (χ1n) is 4.12. The van der Waals surface area contributed by atoms with Crippen molar-refractivity contribution >= 4 is 6.03 Å². The van der Waals surface area contributed by atoms with Crippen LogP contribution in [0.25, 0.3) is 0 Å². The lowest BCUT2D eigenvalue weighted by Crippen LogP contribution is -2.34. The molecule has 70 valence electrons. The molecule has 0 aliphatic rings. The van der Waals surface area contributed by atoms with Gasteiger partial charge in [-0.1, -0.05) is 6.07 Å². The number of rotatable bonds is 2. The largest absolute Gasteiger partial charge is 0.341 e. The molecule has 0 saturated carbocycles. The van der Waals surface area contributed by atoms with E-state index in [4.69, 9.17) is 0 Å². The van der Waals surface area contributed by atoms with Crippen molar-refractivity contribution in [2.24, 2.45) is 0 Å². The lowest BCUT2D eigenvalue weighted by molar-refractivity contribution is 0.240. The van der Waals surface area contributed by atoms with Gasteiger partial charge in [-0.05, 0) is 18.6 Å². The van der Waals surface area contributed by atoms with Crippen LogP contribution in [-0.4, -0.2) is 18.1 Å². The van der Waals surface area contributed by atoms with Crippen molar-refractivity contribution in [3.63, 3.8) is 0 Å². The summed E-state index contributed by atoms with van der Waals surface area (Å²) >= 11 is 0. The lowest BCUT2D eigenvalue weighted by atomic mass is 10.1. The molecular formula is C9H13N3O. The van der Waals surface area contributed by atoms with Crippen molar-refractivity contribution in [1.82, 2.24) is 15.6 Å². The highest BCUT2D eigenvalue weighted by molar-refractivity contribution is 5.73. The van der Waals surface area contributed by atoms with Gasteiger partial charge in [0.2, 0.25) is 0 Å². The summed E-state index contributed by atoms with van der Waals surface area (Å²) in [4.78, 5) is 14.9. The van der Waals surface area contributed by atoms with E-state index in [1.54, 1.807) is 19.4 Å². The Morgan fingerprint density at radius 3 is 2.92 bits per heavy atom. The zero-order valence-corrected chi connectivity index (χ0v) is 7.74. The number of hydrogen-bond donors (Lipinski definition) is 2. The number of urea groups is 1. The second kappa shape index (κ2) is 4.45. The number of aromatic nitrogens is 1. The summed E-state index contributed by atoms with van der Waals surface area (Å²) in [5.74, 6) is 0. The third kappa shape index (κ3) is 2.74. The Hall–Kier alpha value is -1.58. The topological polar surface area (TPSA) is 54.0 Å². The number of nitrogens with one attached hydrogen (secondary N) is 2. The van der Waals surface area contributed by atoms with Gasteiger partial charge in [-0.25, -0.2) is 4.79 Å². The van der Waals surface area contributed by atoms with E-state index in [0.717, 1.165) is 5.56 Å². The van der Waals surface area contributed by atoms with Crippen LogP contribution in [0.5, 0.6) is 0 Å². The zero-order valence-electron chi connectivity index (χ0n) is 7.74. The van der Waals surface area contributed by atoms with Crippen LogP contribution in [0.15, 0.2) is 24.5 Å². The lowest BCUT2D eigenvalue weighted by Gasteiger charge is -2.12. The molecule has 1 atom stereocenters. The van der Waals surface area contributed by atoms with Crippen LogP contribution in [0.2, 0.25) is 0 Å². The monoisotopic (exact) mass is 179 g/mol. The Morgan fingerprint density at radius 2 is 2.38 bits per heavy atom. The maximum atomic E-state index is 11.0. The first-order valence-corrected chi connectivity index (χ1v) is 4.12. The molecule has 0 radical (unpaired) electrons. The summed E-state index contributed by atoms with van der Waals surface area (Å²) < 4.78 is 0. The summed E-state index contributed by atoms with van der Waals surface area (Å²) in [6.07, 6.45) is 3.44. The molecular weight excluding hydrogens is 166 g/mol. The molecule has 0 aliphatic heterocycles. The molecule has 1 heterocycles. The Labute approximate surface area is 77.4 Å². The van der Waals surface area contributed by atoms with E-state index in [9.17, 15) is 4.79 Å². The summed E-state index contributed by atoms with van der Waals surface area (Å²) in [7, 11) is 1.59. The molecule has 0 aliphatic carbocycles. The number of nitrogens with zero attached hydrogens (tertiary/aromatic N) is 1. The SMILES string of the molecule is CNC(=O)NC(C)c1cccnc1. The minimum Gasteiger partial charge on any atom is -0.341 e. The summed E-state index contributed by atoms with van der Waals surface area (Å²) in [6, 6.07) is 3.57. The van der Waals surface area contributed by atoms with Gasteiger partial charge in [0.25, 0.3) is 0 Å². The van der Waals surface area contributed by atoms with Gasteiger partial charge in [0.1, 0.15) is 0 Å². The second-order valence-electron chi connectivity index (χ2n) is 2.73. The smallest absolute Gasteiger partial charge is 0.315 e. The second-order valence-corrected chi connectivity index (χ2v) is 2.73. The highest BCUT2D eigenvalue weighted by Crippen LogP contribution is 2.08. The predicted molar refractivity (Wildman–Crippen MR) is 50.2 cm³/mol. The van der Waals surface area contributed by atoms with Gasteiger partial charge in [-0.15, -0.1) is 0 Å². The molecule has 13 heavy (non-hydrogen) atoms. The summed E-state index contributed by atoms with van der Waals surface area (Å²) in [6.45, 7) is 1.91. The van der Waals surface area contributed by atoms with Gasteiger partial charge in [0.15, 0.2) is 0 Å². The fourth-order valence-corrected chi connectivity index (χ4v) is 0.984. The van der Waals surface area contributed by atoms with Gasteiger partial charge < -0.3 is 10.6 Å². The van der Waals surface area contributed by atoms with Crippen LogP contribution in [-0.2, 0) is 0 Å². The van der Waals surface area contributed by atoms with E-state index in [1.807, 2.05) is 19.1 Å². The van der Waals surface area contributed by atoms with E-state index in [2.05, 4.69) is 15.6 Å². The molecule has 4 heteroatoms. The minimum absolute atomic E-state index is 0.0198. The van der Waals surface area contributed by atoms with Crippen molar-refractivity contribution in [3.8, 4) is 0 Å². The van der Waals surface area contributed by atoms with E-state index in [1.165, 1.54) is 0 Å². The number of amides is 2. The number of carbonyl (C=O) groups is 1. The Bertz CT molecular complexity index is 273. The molecule has 0 bridgehead atoms. The molecule has 0 saturated heterocycles. The van der Waals surface area contributed by atoms with Crippen LogP contribution >= 0.6 is 0 Å². The average Bonchev–Trinajstić information content (AvgIpc) is 2.19. The van der Waals surface area contributed by atoms with Crippen molar-refractivity contribution in [1.29, 1.82) is 0 Å². The normalized spacial score (nSPS) is 11.8. The van der Waals surface area contributed by atoms with E-state index >= 15 is 0 Å².